The van der Waals surface area contributed by atoms with E-state index in [2.05, 4.69) is 59.4 Å². The van der Waals surface area contributed by atoms with Crippen molar-refractivity contribution in [3.8, 4) is 0 Å². The maximum atomic E-state index is 2.58. The van der Waals surface area contributed by atoms with Crippen LogP contribution in [0.25, 0.3) is 4.91 Å². The van der Waals surface area contributed by atoms with Crippen molar-refractivity contribution in [2.45, 2.75) is 32.1 Å². The lowest BCUT2D eigenvalue weighted by Gasteiger charge is -2.23. The second-order valence-electron chi connectivity index (χ2n) is 5.41. The second kappa shape index (κ2) is 6.29. The normalized spacial score (nSPS) is 22.1. The number of hydrogen-bond acceptors (Lipinski definition) is 0. The molecule has 100 valence electrons. The fourth-order valence-electron chi connectivity index (χ4n) is 2.96. The van der Waals surface area contributed by atoms with E-state index in [1.807, 2.05) is 0 Å². The lowest BCUT2D eigenvalue weighted by Crippen LogP contribution is -2.03. The third-order valence-electron chi connectivity index (χ3n) is 4.00. The van der Waals surface area contributed by atoms with Crippen LogP contribution in [0.2, 0.25) is 0 Å². The van der Waals surface area contributed by atoms with Gasteiger partial charge in [-0.05, 0) is 40.0 Å². The lowest BCUT2D eigenvalue weighted by molar-refractivity contribution is 0.420. The summed E-state index contributed by atoms with van der Waals surface area (Å²) in [5.41, 5.74) is 1.41. The van der Waals surface area contributed by atoms with E-state index in [1.54, 1.807) is 4.91 Å². The molecule has 0 radical (unpaired) electrons. The maximum Gasteiger partial charge on any atom is -0.00197 e. The summed E-state index contributed by atoms with van der Waals surface area (Å²) in [6, 6.07) is 10.9. The fourth-order valence-corrected chi connectivity index (χ4v) is 4.78. The van der Waals surface area contributed by atoms with Gasteiger partial charge in [-0.15, -0.1) is 0 Å². The van der Waals surface area contributed by atoms with Gasteiger partial charge in [-0.2, -0.15) is 10.9 Å². The first kappa shape index (κ1) is 12.8. The van der Waals surface area contributed by atoms with Crippen LogP contribution in [0, 0.1) is 5.92 Å². The first-order valence-corrected chi connectivity index (χ1v) is 8.82. The summed E-state index contributed by atoms with van der Waals surface area (Å²) in [6.45, 7) is 0. The van der Waals surface area contributed by atoms with Crippen LogP contribution in [0.15, 0.2) is 59.4 Å². The van der Waals surface area contributed by atoms with Crippen molar-refractivity contribution in [2.24, 2.45) is 5.92 Å². The molecule has 19 heavy (non-hydrogen) atoms. The molecule has 3 rings (SSSR count). The Labute approximate surface area is 119 Å². The number of hydrogen-bond donors (Lipinski definition) is 1. The largest absolute Gasteiger partial charge is 0.186 e. The fraction of sp³-hybridized carbons (Fsp3) is 0.333. The molecule has 0 atom stereocenters. The average molecular weight is 270 g/mol. The summed E-state index contributed by atoms with van der Waals surface area (Å²) in [5, 5.41) is 4.74. The highest BCUT2D eigenvalue weighted by Gasteiger charge is 2.15. The van der Waals surface area contributed by atoms with Crippen LogP contribution in [0.1, 0.15) is 37.7 Å². The summed E-state index contributed by atoms with van der Waals surface area (Å²) in [7, 11) is -0.210. The highest BCUT2D eigenvalue weighted by molar-refractivity contribution is 8.30. The van der Waals surface area contributed by atoms with E-state index < -0.39 is 0 Å². The topological polar surface area (TPSA) is 0 Å². The molecule has 1 heterocycles. The smallest absolute Gasteiger partial charge is 0.00197 e. The van der Waals surface area contributed by atoms with E-state index in [0.717, 1.165) is 5.92 Å². The minimum atomic E-state index is -0.210. The molecule has 1 aliphatic carbocycles. The number of thiol groups is 1. The van der Waals surface area contributed by atoms with Crippen LogP contribution in [-0.4, -0.2) is 0 Å². The van der Waals surface area contributed by atoms with E-state index in [0.29, 0.717) is 0 Å². The first-order chi connectivity index (χ1) is 9.43. The zero-order valence-corrected chi connectivity index (χ0v) is 12.2. The molecular formula is C18H22S. The van der Waals surface area contributed by atoms with Gasteiger partial charge in [0.15, 0.2) is 0 Å². The number of rotatable bonds is 3. The molecule has 1 heteroatoms. The van der Waals surface area contributed by atoms with Gasteiger partial charge >= 0.3 is 0 Å². The van der Waals surface area contributed by atoms with Crippen molar-refractivity contribution in [3.05, 3.63) is 64.9 Å². The molecule has 0 bridgehead atoms. The van der Waals surface area contributed by atoms with Crippen LogP contribution < -0.4 is 0 Å². The van der Waals surface area contributed by atoms with E-state index in [4.69, 9.17) is 0 Å². The molecule has 1 fully saturated rings. The molecule has 0 nitrogen and oxygen atoms in total. The molecule has 1 aromatic rings. The summed E-state index contributed by atoms with van der Waals surface area (Å²) in [4.78, 5) is 1.56. The van der Waals surface area contributed by atoms with Crippen LogP contribution in [0.5, 0.6) is 0 Å². The van der Waals surface area contributed by atoms with Gasteiger partial charge in [-0.3, -0.25) is 0 Å². The van der Waals surface area contributed by atoms with Gasteiger partial charge in [0.1, 0.15) is 0 Å². The first-order valence-electron chi connectivity index (χ1n) is 7.34. The Morgan fingerprint density at radius 1 is 0.947 bits per heavy atom. The molecule has 0 saturated heterocycles. The predicted molar refractivity (Wildman–Crippen MR) is 88.3 cm³/mol. The van der Waals surface area contributed by atoms with Crippen LogP contribution in [0.3, 0.4) is 0 Å². The summed E-state index contributed by atoms with van der Waals surface area (Å²) >= 11 is 0. The minimum Gasteiger partial charge on any atom is -0.186 e. The summed E-state index contributed by atoms with van der Waals surface area (Å²) in [5.74, 6) is 0.800. The van der Waals surface area contributed by atoms with E-state index in [1.165, 1.54) is 37.7 Å². The Balaban J connectivity index is 1.89. The van der Waals surface area contributed by atoms with Crippen molar-refractivity contribution in [1.29, 1.82) is 0 Å². The average Bonchev–Trinajstić information content (AvgIpc) is 3.01. The molecule has 1 saturated carbocycles. The van der Waals surface area contributed by atoms with Crippen molar-refractivity contribution in [1.82, 2.24) is 0 Å². The third kappa shape index (κ3) is 3.22. The Bertz CT molecular complexity index is 478. The molecule has 0 amide bonds. The van der Waals surface area contributed by atoms with Crippen molar-refractivity contribution in [3.63, 3.8) is 0 Å². The Hall–Kier alpha value is -1.21. The Morgan fingerprint density at radius 2 is 1.63 bits per heavy atom. The van der Waals surface area contributed by atoms with Crippen LogP contribution in [-0.2, 0) is 0 Å². The summed E-state index contributed by atoms with van der Waals surface area (Å²) < 4.78 is 0. The van der Waals surface area contributed by atoms with Crippen molar-refractivity contribution in [2.75, 3.05) is 0 Å². The highest BCUT2D eigenvalue weighted by atomic mass is 32.2. The quantitative estimate of drug-likeness (QED) is 0.674. The van der Waals surface area contributed by atoms with Gasteiger partial charge in [-0.1, -0.05) is 67.8 Å². The monoisotopic (exact) mass is 270 g/mol. The standard InChI is InChI=1S/C18H22S/c1-3-9-16(10-4-1)15-18(19-13-7-8-14-19)17-11-5-2-6-12-17/h2,5-8,11-16,19H,1,3-4,9-10H2. The third-order valence-corrected chi connectivity index (χ3v) is 5.95. The van der Waals surface area contributed by atoms with Gasteiger partial charge in [0, 0.05) is 0 Å². The highest BCUT2D eigenvalue weighted by Crippen LogP contribution is 2.48. The predicted octanol–water partition coefficient (Wildman–Crippen LogP) is 5.65. The molecular weight excluding hydrogens is 248 g/mol. The molecule has 0 N–H and O–H groups in total. The minimum absolute atomic E-state index is 0.210. The molecule has 0 aromatic heterocycles. The van der Waals surface area contributed by atoms with E-state index >= 15 is 0 Å². The van der Waals surface area contributed by atoms with Crippen molar-refractivity contribution >= 4 is 15.8 Å². The molecule has 2 aliphatic rings. The SMILES string of the molecule is C1=C[SH](C(=CC2CCCCC2)c2ccccc2)C=C1. The van der Waals surface area contributed by atoms with E-state index in [9.17, 15) is 0 Å². The summed E-state index contributed by atoms with van der Waals surface area (Å²) in [6.07, 6.45) is 14.0. The van der Waals surface area contributed by atoms with Crippen LogP contribution >= 0.6 is 10.9 Å². The van der Waals surface area contributed by atoms with E-state index in [-0.39, 0.29) is 10.9 Å². The molecule has 1 aliphatic heterocycles. The maximum absolute atomic E-state index is 2.58. The lowest BCUT2D eigenvalue weighted by atomic mass is 9.88. The molecule has 1 aromatic carbocycles. The zero-order chi connectivity index (χ0) is 12.9. The Morgan fingerprint density at radius 3 is 2.32 bits per heavy atom. The molecule has 0 spiro atoms. The van der Waals surface area contributed by atoms with Gasteiger partial charge in [0.25, 0.3) is 0 Å². The number of allylic oxidation sites excluding steroid dienone is 3. The Kier molecular flexibility index (Phi) is 4.24. The van der Waals surface area contributed by atoms with Gasteiger partial charge < -0.3 is 0 Å². The van der Waals surface area contributed by atoms with Crippen LogP contribution in [0.4, 0.5) is 0 Å². The van der Waals surface area contributed by atoms with Gasteiger partial charge in [0.2, 0.25) is 0 Å². The second-order valence-corrected chi connectivity index (χ2v) is 7.30. The van der Waals surface area contributed by atoms with Crippen molar-refractivity contribution < 1.29 is 0 Å². The number of benzene rings is 1. The molecule has 0 unspecified atom stereocenters. The van der Waals surface area contributed by atoms with Gasteiger partial charge in [0.05, 0.1) is 0 Å². The zero-order valence-electron chi connectivity index (χ0n) is 11.3. The van der Waals surface area contributed by atoms with Gasteiger partial charge in [-0.25, -0.2) is 0 Å².